The van der Waals surface area contributed by atoms with Crippen LogP contribution in [-0.4, -0.2) is 25.2 Å². The van der Waals surface area contributed by atoms with Gasteiger partial charge in [0.2, 0.25) is 0 Å². The molecule has 0 aliphatic carbocycles. The average molecular weight is 371 g/mol. The molecule has 0 fully saturated rings. The Morgan fingerprint density at radius 1 is 0.731 bits per heavy atom. The van der Waals surface area contributed by atoms with Gasteiger partial charge < -0.3 is 9.47 Å². The van der Waals surface area contributed by atoms with Crippen molar-refractivity contribution in [2.75, 3.05) is 13.2 Å². The predicted octanol–water partition coefficient (Wildman–Crippen LogP) is 6.07. The van der Waals surface area contributed by atoms with Crippen molar-refractivity contribution in [3.8, 4) is 0 Å². The molecule has 26 heavy (non-hydrogen) atoms. The summed E-state index contributed by atoms with van der Waals surface area (Å²) in [5, 5.41) is 0. The Hall–Kier alpha value is -1.06. The Labute approximate surface area is 161 Å². The van der Waals surface area contributed by atoms with Crippen molar-refractivity contribution >= 4 is 11.9 Å². The highest BCUT2D eigenvalue weighted by atomic mass is 16.5. The quantitative estimate of drug-likeness (QED) is 0.259. The number of carbonyl (C=O) groups is 2. The monoisotopic (exact) mass is 370 g/mol. The van der Waals surface area contributed by atoms with Crippen LogP contribution < -0.4 is 0 Å². The first-order valence-corrected chi connectivity index (χ1v) is 10.6. The molecule has 154 valence electrons. The van der Waals surface area contributed by atoms with Crippen molar-refractivity contribution in [1.29, 1.82) is 0 Å². The van der Waals surface area contributed by atoms with Gasteiger partial charge in [-0.25, -0.2) is 0 Å². The van der Waals surface area contributed by atoms with Gasteiger partial charge in [-0.15, -0.1) is 0 Å². The van der Waals surface area contributed by atoms with Crippen LogP contribution in [-0.2, 0) is 19.1 Å². The van der Waals surface area contributed by atoms with Crippen LogP contribution in [0, 0.1) is 11.3 Å². The van der Waals surface area contributed by atoms with Gasteiger partial charge in [0.15, 0.2) is 0 Å². The molecule has 0 N–H and O–H groups in total. The molecule has 0 saturated heterocycles. The van der Waals surface area contributed by atoms with E-state index >= 15 is 0 Å². The number of ether oxygens (including phenoxy) is 2. The van der Waals surface area contributed by atoms with E-state index in [-0.39, 0.29) is 23.3 Å². The maximum absolute atomic E-state index is 11.9. The van der Waals surface area contributed by atoms with Gasteiger partial charge in [-0.1, -0.05) is 73.1 Å². The molecule has 0 bridgehead atoms. The number of hydrogen-bond donors (Lipinski definition) is 0. The molecule has 0 rings (SSSR count). The van der Waals surface area contributed by atoms with Crippen LogP contribution in [0.5, 0.6) is 0 Å². The van der Waals surface area contributed by atoms with Crippen LogP contribution in [0.15, 0.2) is 0 Å². The van der Waals surface area contributed by atoms with Crippen molar-refractivity contribution in [2.45, 2.75) is 105 Å². The van der Waals surface area contributed by atoms with Gasteiger partial charge in [-0.3, -0.25) is 9.59 Å². The molecule has 0 heterocycles. The molecule has 4 heteroatoms. The molecule has 0 radical (unpaired) electrons. The van der Waals surface area contributed by atoms with Gasteiger partial charge in [-0.2, -0.15) is 0 Å². The van der Waals surface area contributed by atoms with Crippen molar-refractivity contribution in [3.63, 3.8) is 0 Å². The Morgan fingerprint density at radius 2 is 1.15 bits per heavy atom. The fourth-order valence-electron chi connectivity index (χ4n) is 2.99. The number of unbranched alkanes of at least 4 members (excludes halogenated alkanes) is 6. The third kappa shape index (κ3) is 16.4. The van der Waals surface area contributed by atoms with Gasteiger partial charge in [-0.05, 0) is 24.7 Å². The van der Waals surface area contributed by atoms with Crippen LogP contribution in [0.1, 0.15) is 105 Å². The molecule has 0 atom stereocenters. The smallest absolute Gasteiger partial charge is 0.305 e. The summed E-state index contributed by atoms with van der Waals surface area (Å²) in [6.07, 6.45) is 10.4. The summed E-state index contributed by atoms with van der Waals surface area (Å²) in [7, 11) is 0. The lowest BCUT2D eigenvalue weighted by atomic mass is 9.85. The maximum Gasteiger partial charge on any atom is 0.305 e. The first-order valence-electron chi connectivity index (χ1n) is 10.6. The molecule has 4 nitrogen and oxygen atoms in total. The van der Waals surface area contributed by atoms with E-state index in [1.165, 1.54) is 0 Å². The fraction of sp³-hybridized carbons (Fsp3) is 0.909. The second-order valence-electron chi connectivity index (χ2n) is 8.62. The second-order valence-corrected chi connectivity index (χ2v) is 8.62. The minimum Gasteiger partial charge on any atom is -0.465 e. The summed E-state index contributed by atoms with van der Waals surface area (Å²) in [5.74, 6) is -0.203. The minimum absolute atomic E-state index is 0.0641. The van der Waals surface area contributed by atoms with Gasteiger partial charge in [0, 0.05) is 18.8 Å². The van der Waals surface area contributed by atoms with E-state index in [0.717, 1.165) is 57.8 Å². The number of rotatable bonds is 15. The normalized spacial score (nSPS) is 11.6. The molecule has 0 aliphatic heterocycles. The lowest BCUT2D eigenvalue weighted by molar-refractivity contribution is -0.149. The molecule has 0 aliphatic rings. The van der Waals surface area contributed by atoms with E-state index < -0.39 is 0 Å². The van der Waals surface area contributed by atoms with Crippen molar-refractivity contribution in [3.05, 3.63) is 0 Å². The Balaban J connectivity index is 4.19. The summed E-state index contributed by atoms with van der Waals surface area (Å²) >= 11 is 0. The van der Waals surface area contributed by atoms with E-state index in [1.54, 1.807) is 0 Å². The van der Waals surface area contributed by atoms with E-state index in [9.17, 15) is 9.59 Å². The molecule has 0 aromatic carbocycles. The van der Waals surface area contributed by atoms with Crippen LogP contribution in [0.25, 0.3) is 0 Å². The standard InChI is InChI=1S/C22H42O4/c1-6-8-10-12-14-20(23)25-17-19(16-22(3,4)5)18-26-21(24)15-13-11-9-7-2/h19H,6-18H2,1-5H3. The SMILES string of the molecule is CCCCCCC(=O)OCC(COC(=O)CCCCCC)CC(C)(C)C. The van der Waals surface area contributed by atoms with Gasteiger partial charge >= 0.3 is 11.9 Å². The predicted molar refractivity (Wildman–Crippen MR) is 107 cm³/mol. The highest BCUT2D eigenvalue weighted by molar-refractivity contribution is 5.69. The fourth-order valence-corrected chi connectivity index (χ4v) is 2.99. The first-order chi connectivity index (χ1) is 12.3. The highest BCUT2D eigenvalue weighted by Gasteiger charge is 2.22. The zero-order valence-electron chi connectivity index (χ0n) is 17.9. The molecule has 0 saturated carbocycles. The topological polar surface area (TPSA) is 52.6 Å². The molecular weight excluding hydrogens is 328 g/mol. The van der Waals surface area contributed by atoms with E-state index in [4.69, 9.17) is 9.47 Å². The number of carbonyl (C=O) groups excluding carboxylic acids is 2. The lowest BCUT2D eigenvalue weighted by Gasteiger charge is -2.25. The van der Waals surface area contributed by atoms with E-state index in [0.29, 0.717) is 26.1 Å². The molecule has 0 spiro atoms. The van der Waals surface area contributed by atoms with Gasteiger partial charge in [0.05, 0.1) is 13.2 Å². The summed E-state index contributed by atoms with van der Waals surface area (Å²) < 4.78 is 10.9. The van der Waals surface area contributed by atoms with E-state index in [2.05, 4.69) is 34.6 Å². The van der Waals surface area contributed by atoms with Gasteiger partial charge in [0.1, 0.15) is 0 Å². The van der Waals surface area contributed by atoms with Crippen LogP contribution in [0.3, 0.4) is 0 Å². The summed E-state index contributed by atoms with van der Waals surface area (Å²) in [6, 6.07) is 0. The molecule has 0 amide bonds. The minimum atomic E-state index is -0.133. The summed E-state index contributed by atoms with van der Waals surface area (Å²) in [4.78, 5) is 23.8. The zero-order chi connectivity index (χ0) is 19.8. The lowest BCUT2D eigenvalue weighted by Crippen LogP contribution is -2.25. The van der Waals surface area contributed by atoms with Crippen molar-refractivity contribution in [2.24, 2.45) is 11.3 Å². The molecular formula is C22H42O4. The third-order valence-corrected chi connectivity index (χ3v) is 4.33. The van der Waals surface area contributed by atoms with Crippen LogP contribution in [0.4, 0.5) is 0 Å². The highest BCUT2D eigenvalue weighted by Crippen LogP contribution is 2.25. The first kappa shape index (κ1) is 24.9. The van der Waals surface area contributed by atoms with Gasteiger partial charge in [0.25, 0.3) is 0 Å². The van der Waals surface area contributed by atoms with Crippen molar-refractivity contribution < 1.29 is 19.1 Å². The average Bonchev–Trinajstić information content (AvgIpc) is 2.57. The largest absolute Gasteiger partial charge is 0.465 e. The van der Waals surface area contributed by atoms with E-state index in [1.807, 2.05) is 0 Å². The number of hydrogen-bond acceptors (Lipinski definition) is 4. The summed E-state index contributed by atoms with van der Waals surface area (Å²) in [6.45, 7) is 11.4. The van der Waals surface area contributed by atoms with Crippen molar-refractivity contribution in [1.82, 2.24) is 0 Å². The van der Waals surface area contributed by atoms with Crippen LogP contribution >= 0.6 is 0 Å². The Morgan fingerprint density at radius 3 is 1.50 bits per heavy atom. The third-order valence-electron chi connectivity index (χ3n) is 4.33. The Bertz CT molecular complexity index is 343. The summed E-state index contributed by atoms with van der Waals surface area (Å²) in [5.41, 5.74) is 0.103. The zero-order valence-corrected chi connectivity index (χ0v) is 17.9. The van der Waals surface area contributed by atoms with Crippen LogP contribution in [0.2, 0.25) is 0 Å². The molecule has 0 unspecified atom stereocenters. The maximum atomic E-state index is 11.9. The number of esters is 2. The molecule has 0 aromatic heterocycles. The molecule has 0 aromatic rings. The second kappa shape index (κ2) is 15.0. The Kier molecular flexibility index (Phi) is 14.4.